The summed E-state index contributed by atoms with van der Waals surface area (Å²) in [4.78, 5) is 14.1. The van der Waals surface area contributed by atoms with Gasteiger partial charge >= 0.3 is 0 Å². The van der Waals surface area contributed by atoms with Crippen molar-refractivity contribution in [1.29, 1.82) is 5.26 Å². The second kappa shape index (κ2) is 7.77. The number of rotatable bonds is 5. The molecule has 1 atom stereocenters. The summed E-state index contributed by atoms with van der Waals surface area (Å²) in [7, 11) is 1.98. The molecule has 0 aromatic heterocycles. The van der Waals surface area contributed by atoms with E-state index in [1.807, 2.05) is 7.05 Å². The first-order valence-electron chi connectivity index (χ1n) is 7.36. The highest BCUT2D eigenvalue weighted by Gasteiger charge is 2.16. The number of nitrogens with one attached hydrogen (secondary N) is 2. The average molecular weight is 286 g/mol. The number of carbonyl (C=O) groups is 1. The number of carbonyl (C=O) groups excluding carboxylic acids is 1. The summed E-state index contributed by atoms with van der Waals surface area (Å²) in [6.45, 7) is 3.48. The standard InChI is InChI=1S/C16H22N4O/c1-20(11-14-3-2-8-18-10-14)12-16(21)19-15-6-4-13(9-17)5-7-15/h4-7,14,18H,2-3,8,10-12H2,1H3,(H,19,21). The second-order valence-electron chi connectivity index (χ2n) is 5.65. The molecule has 1 aromatic carbocycles. The Kier molecular flexibility index (Phi) is 5.73. The molecule has 5 heteroatoms. The topological polar surface area (TPSA) is 68.2 Å². The fourth-order valence-corrected chi connectivity index (χ4v) is 2.66. The van der Waals surface area contributed by atoms with Crippen molar-refractivity contribution in [3.8, 4) is 6.07 Å². The van der Waals surface area contributed by atoms with E-state index in [0.717, 1.165) is 25.3 Å². The Balaban J connectivity index is 1.76. The molecular weight excluding hydrogens is 264 g/mol. The molecule has 0 bridgehead atoms. The molecule has 0 saturated carbocycles. The lowest BCUT2D eigenvalue weighted by atomic mass is 9.99. The highest BCUT2D eigenvalue weighted by molar-refractivity contribution is 5.92. The van der Waals surface area contributed by atoms with Gasteiger partial charge in [0.25, 0.3) is 0 Å². The Morgan fingerprint density at radius 1 is 1.48 bits per heavy atom. The fourth-order valence-electron chi connectivity index (χ4n) is 2.66. The van der Waals surface area contributed by atoms with Crippen molar-refractivity contribution < 1.29 is 4.79 Å². The maximum atomic E-state index is 12.0. The van der Waals surface area contributed by atoms with Crippen LogP contribution in [0.2, 0.25) is 0 Å². The van der Waals surface area contributed by atoms with E-state index in [-0.39, 0.29) is 5.91 Å². The first kappa shape index (κ1) is 15.5. The molecule has 21 heavy (non-hydrogen) atoms. The maximum Gasteiger partial charge on any atom is 0.238 e. The van der Waals surface area contributed by atoms with Crippen LogP contribution in [0.1, 0.15) is 18.4 Å². The second-order valence-corrected chi connectivity index (χ2v) is 5.65. The lowest BCUT2D eigenvalue weighted by Gasteiger charge is -2.27. The zero-order valence-corrected chi connectivity index (χ0v) is 12.4. The summed E-state index contributed by atoms with van der Waals surface area (Å²) in [5, 5.41) is 15.0. The first-order valence-corrected chi connectivity index (χ1v) is 7.36. The molecule has 1 heterocycles. The number of benzene rings is 1. The van der Waals surface area contributed by atoms with Gasteiger partial charge in [-0.25, -0.2) is 0 Å². The molecule has 1 saturated heterocycles. The van der Waals surface area contributed by atoms with Crippen LogP contribution < -0.4 is 10.6 Å². The van der Waals surface area contributed by atoms with Crippen LogP contribution in [-0.2, 0) is 4.79 Å². The van der Waals surface area contributed by atoms with Gasteiger partial charge < -0.3 is 10.6 Å². The Labute approximate surface area is 125 Å². The minimum Gasteiger partial charge on any atom is -0.325 e. The lowest BCUT2D eigenvalue weighted by molar-refractivity contribution is -0.117. The largest absolute Gasteiger partial charge is 0.325 e. The van der Waals surface area contributed by atoms with Gasteiger partial charge in [-0.15, -0.1) is 0 Å². The number of nitriles is 1. The van der Waals surface area contributed by atoms with Crippen LogP contribution in [0.4, 0.5) is 5.69 Å². The van der Waals surface area contributed by atoms with E-state index < -0.39 is 0 Å². The molecule has 5 nitrogen and oxygen atoms in total. The molecule has 2 N–H and O–H groups in total. The van der Waals surface area contributed by atoms with Crippen LogP contribution in [0.5, 0.6) is 0 Å². The molecule has 2 rings (SSSR count). The van der Waals surface area contributed by atoms with E-state index in [0.29, 0.717) is 18.0 Å². The lowest BCUT2D eigenvalue weighted by Crippen LogP contribution is -2.39. The van der Waals surface area contributed by atoms with Gasteiger partial charge in [0.1, 0.15) is 0 Å². The van der Waals surface area contributed by atoms with Crippen molar-refractivity contribution in [2.75, 3.05) is 38.5 Å². The minimum atomic E-state index is -0.0222. The van der Waals surface area contributed by atoms with Crippen molar-refractivity contribution in [1.82, 2.24) is 10.2 Å². The smallest absolute Gasteiger partial charge is 0.238 e. The van der Waals surface area contributed by atoms with Gasteiger partial charge in [-0.2, -0.15) is 5.26 Å². The van der Waals surface area contributed by atoms with Crippen LogP contribution in [0.3, 0.4) is 0 Å². The molecule has 112 valence electrons. The van der Waals surface area contributed by atoms with E-state index in [9.17, 15) is 4.79 Å². The average Bonchev–Trinajstić information content (AvgIpc) is 2.48. The van der Waals surface area contributed by atoms with Gasteiger partial charge in [-0.1, -0.05) is 0 Å². The third-order valence-electron chi connectivity index (χ3n) is 3.68. The summed E-state index contributed by atoms with van der Waals surface area (Å²) < 4.78 is 0. The highest BCUT2D eigenvalue weighted by atomic mass is 16.2. The van der Waals surface area contributed by atoms with E-state index >= 15 is 0 Å². The van der Waals surface area contributed by atoms with E-state index in [4.69, 9.17) is 5.26 Å². The predicted octanol–water partition coefficient (Wildman–Crippen LogP) is 1.43. The zero-order valence-electron chi connectivity index (χ0n) is 12.4. The van der Waals surface area contributed by atoms with Crippen LogP contribution in [0, 0.1) is 17.2 Å². The summed E-state index contributed by atoms with van der Waals surface area (Å²) in [6.07, 6.45) is 2.45. The number of piperidine rings is 1. The molecular formula is C16H22N4O. The van der Waals surface area contributed by atoms with Gasteiger partial charge in [0, 0.05) is 12.2 Å². The monoisotopic (exact) mass is 286 g/mol. The zero-order chi connectivity index (χ0) is 15.1. The molecule has 1 aromatic rings. The SMILES string of the molecule is CN(CC(=O)Nc1ccc(C#N)cc1)CC1CCCNC1. The first-order chi connectivity index (χ1) is 10.2. The third-order valence-corrected chi connectivity index (χ3v) is 3.68. The summed E-state index contributed by atoms with van der Waals surface area (Å²) in [6, 6.07) is 8.96. The number of likely N-dealkylation sites (N-methyl/N-ethyl adjacent to an activating group) is 1. The summed E-state index contributed by atoms with van der Waals surface area (Å²) >= 11 is 0. The fraction of sp³-hybridized carbons (Fsp3) is 0.500. The van der Waals surface area contributed by atoms with Crippen molar-refractivity contribution in [3.63, 3.8) is 0 Å². The van der Waals surface area contributed by atoms with Crippen molar-refractivity contribution in [3.05, 3.63) is 29.8 Å². The van der Waals surface area contributed by atoms with E-state index in [1.54, 1.807) is 24.3 Å². The molecule has 1 aliphatic rings. The van der Waals surface area contributed by atoms with E-state index in [2.05, 4.69) is 21.6 Å². The summed E-state index contributed by atoms with van der Waals surface area (Å²) in [5.74, 6) is 0.609. The Bertz CT molecular complexity index is 500. The third kappa shape index (κ3) is 5.18. The molecule has 0 radical (unpaired) electrons. The number of amides is 1. The normalized spacial score (nSPS) is 18.2. The Hall–Kier alpha value is -1.90. The Morgan fingerprint density at radius 2 is 2.24 bits per heavy atom. The number of hydrogen-bond acceptors (Lipinski definition) is 4. The Morgan fingerprint density at radius 3 is 2.86 bits per heavy atom. The molecule has 1 unspecified atom stereocenters. The van der Waals surface area contributed by atoms with Gasteiger partial charge in [-0.3, -0.25) is 9.69 Å². The summed E-state index contributed by atoms with van der Waals surface area (Å²) in [5.41, 5.74) is 1.32. The number of anilines is 1. The van der Waals surface area contributed by atoms with Crippen molar-refractivity contribution in [2.24, 2.45) is 5.92 Å². The highest BCUT2D eigenvalue weighted by Crippen LogP contribution is 2.11. The van der Waals surface area contributed by atoms with Gasteiger partial charge in [-0.05, 0) is 63.2 Å². The molecule has 1 fully saturated rings. The molecule has 0 aliphatic carbocycles. The number of hydrogen-bond donors (Lipinski definition) is 2. The van der Waals surface area contributed by atoms with Gasteiger partial charge in [0.05, 0.1) is 18.2 Å². The van der Waals surface area contributed by atoms with Gasteiger partial charge in [0.15, 0.2) is 0 Å². The molecule has 1 amide bonds. The predicted molar refractivity (Wildman–Crippen MR) is 82.9 cm³/mol. The van der Waals surface area contributed by atoms with Crippen molar-refractivity contribution >= 4 is 11.6 Å². The van der Waals surface area contributed by atoms with Crippen LogP contribution in [0.25, 0.3) is 0 Å². The van der Waals surface area contributed by atoms with Gasteiger partial charge in [0.2, 0.25) is 5.91 Å². The van der Waals surface area contributed by atoms with Crippen LogP contribution >= 0.6 is 0 Å². The minimum absolute atomic E-state index is 0.0222. The quantitative estimate of drug-likeness (QED) is 0.859. The van der Waals surface area contributed by atoms with Crippen molar-refractivity contribution in [2.45, 2.75) is 12.8 Å². The number of nitrogens with zero attached hydrogens (tertiary/aromatic N) is 2. The van der Waals surface area contributed by atoms with Crippen LogP contribution in [0.15, 0.2) is 24.3 Å². The molecule has 0 spiro atoms. The van der Waals surface area contributed by atoms with E-state index in [1.165, 1.54) is 12.8 Å². The van der Waals surface area contributed by atoms with Crippen LogP contribution in [-0.4, -0.2) is 44.0 Å². The maximum absolute atomic E-state index is 12.0. The molecule has 1 aliphatic heterocycles.